The van der Waals surface area contributed by atoms with Crippen molar-refractivity contribution in [1.29, 1.82) is 0 Å². The van der Waals surface area contributed by atoms with Crippen molar-refractivity contribution in [3.05, 3.63) is 77.4 Å². The van der Waals surface area contributed by atoms with Crippen LogP contribution in [-0.4, -0.2) is 68.1 Å². The van der Waals surface area contributed by atoms with Gasteiger partial charge in [-0.1, -0.05) is 18.2 Å². The zero-order valence-corrected chi connectivity index (χ0v) is 22.9. The molecule has 0 saturated carbocycles. The highest BCUT2D eigenvalue weighted by Crippen LogP contribution is 2.31. The van der Waals surface area contributed by atoms with Crippen molar-refractivity contribution in [2.24, 2.45) is 0 Å². The van der Waals surface area contributed by atoms with Crippen LogP contribution in [0.5, 0.6) is 17.2 Å². The Morgan fingerprint density at radius 1 is 0.850 bits per heavy atom. The second kappa shape index (κ2) is 13.5. The van der Waals surface area contributed by atoms with E-state index in [-0.39, 0.29) is 29.9 Å². The lowest BCUT2D eigenvalue weighted by Gasteiger charge is -2.24. The molecule has 9 nitrogen and oxygen atoms in total. The van der Waals surface area contributed by atoms with Gasteiger partial charge >= 0.3 is 0 Å². The smallest absolute Gasteiger partial charge is 0.257 e. The van der Waals surface area contributed by atoms with Gasteiger partial charge in [0.15, 0.2) is 0 Å². The first-order valence-corrected chi connectivity index (χ1v) is 13.4. The number of rotatable bonds is 3. The van der Waals surface area contributed by atoms with E-state index in [0.717, 1.165) is 11.1 Å². The molecule has 3 aromatic carbocycles. The van der Waals surface area contributed by atoms with Crippen LogP contribution in [0.1, 0.15) is 45.5 Å². The maximum Gasteiger partial charge on any atom is 0.257 e. The SMILES string of the molecule is COc1ccc(OC)c(C(=O)N2CCCNC(=O)c3cccc(c3)-c3cc(ccc3O)CCNC(=O)CCC2)c1. The molecule has 0 atom stereocenters. The summed E-state index contributed by atoms with van der Waals surface area (Å²) in [5.74, 6) is 0.519. The molecule has 4 bridgehead atoms. The molecule has 3 aromatic rings. The molecule has 0 saturated heterocycles. The normalized spacial score (nSPS) is 15.1. The molecule has 1 aliphatic heterocycles. The number of methoxy groups -OCH3 is 2. The largest absolute Gasteiger partial charge is 0.507 e. The lowest BCUT2D eigenvalue weighted by Crippen LogP contribution is -2.36. The van der Waals surface area contributed by atoms with Crippen LogP contribution in [0.25, 0.3) is 11.1 Å². The number of nitrogens with one attached hydrogen (secondary N) is 2. The van der Waals surface area contributed by atoms with E-state index in [2.05, 4.69) is 10.6 Å². The molecule has 1 aliphatic rings. The van der Waals surface area contributed by atoms with Gasteiger partial charge in [-0.25, -0.2) is 0 Å². The van der Waals surface area contributed by atoms with Crippen LogP contribution in [0, 0.1) is 0 Å². The molecule has 9 heteroatoms. The van der Waals surface area contributed by atoms with Crippen molar-refractivity contribution >= 4 is 17.7 Å². The average Bonchev–Trinajstić information content (AvgIpc) is 2.98. The predicted molar refractivity (Wildman–Crippen MR) is 152 cm³/mol. The van der Waals surface area contributed by atoms with Crippen LogP contribution in [-0.2, 0) is 11.2 Å². The summed E-state index contributed by atoms with van der Waals surface area (Å²) < 4.78 is 10.7. The average molecular weight is 546 g/mol. The summed E-state index contributed by atoms with van der Waals surface area (Å²) in [4.78, 5) is 40.7. The molecule has 3 amide bonds. The Bertz CT molecular complexity index is 1370. The molecule has 210 valence electrons. The zero-order chi connectivity index (χ0) is 28.5. The lowest BCUT2D eigenvalue weighted by atomic mass is 9.98. The fourth-order valence-corrected chi connectivity index (χ4v) is 4.70. The van der Waals surface area contributed by atoms with E-state index in [4.69, 9.17) is 9.47 Å². The lowest BCUT2D eigenvalue weighted by molar-refractivity contribution is -0.121. The topological polar surface area (TPSA) is 117 Å². The number of benzene rings is 3. The fourth-order valence-electron chi connectivity index (χ4n) is 4.70. The number of fused-ring (bicyclic) bond motifs is 5. The first-order valence-electron chi connectivity index (χ1n) is 13.4. The molecule has 0 fully saturated rings. The number of nitrogens with zero attached hydrogens (tertiary/aromatic N) is 1. The van der Waals surface area contributed by atoms with Gasteiger partial charge in [-0.05, 0) is 72.9 Å². The van der Waals surface area contributed by atoms with Crippen LogP contribution in [0.4, 0.5) is 0 Å². The maximum atomic E-state index is 13.6. The van der Waals surface area contributed by atoms with E-state index < -0.39 is 0 Å². The van der Waals surface area contributed by atoms with Crippen molar-refractivity contribution in [2.75, 3.05) is 40.4 Å². The van der Waals surface area contributed by atoms with Crippen molar-refractivity contribution in [3.63, 3.8) is 0 Å². The zero-order valence-electron chi connectivity index (χ0n) is 22.9. The monoisotopic (exact) mass is 545 g/mol. The molecular formula is C31H35N3O6. The van der Waals surface area contributed by atoms with Gasteiger partial charge in [0.05, 0.1) is 19.8 Å². The summed E-state index contributed by atoms with van der Waals surface area (Å²) in [6.07, 6.45) is 1.84. The van der Waals surface area contributed by atoms with Gasteiger partial charge in [0.2, 0.25) is 5.91 Å². The van der Waals surface area contributed by atoms with Crippen molar-refractivity contribution in [2.45, 2.75) is 25.7 Å². The predicted octanol–water partition coefficient (Wildman–Crippen LogP) is 3.79. The molecule has 1 heterocycles. The van der Waals surface area contributed by atoms with Crippen LogP contribution < -0.4 is 20.1 Å². The number of phenolic OH excluding ortho intramolecular Hbond substituents is 1. The summed E-state index contributed by atoms with van der Waals surface area (Å²) in [6.45, 7) is 1.53. The third-order valence-electron chi connectivity index (χ3n) is 6.88. The third-order valence-corrected chi connectivity index (χ3v) is 6.88. The fraction of sp³-hybridized carbons (Fsp3) is 0.323. The van der Waals surface area contributed by atoms with E-state index in [0.29, 0.717) is 73.6 Å². The number of carbonyl (C=O) groups excluding carboxylic acids is 3. The number of aromatic hydroxyl groups is 1. The number of carbonyl (C=O) groups is 3. The van der Waals surface area contributed by atoms with E-state index >= 15 is 0 Å². The first-order chi connectivity index (χ1) is 19.4. The summed E-state index contributed by atoms with van der Waals surface area (Å²) in [5, 5.41) is 16.3. The van der Waals surface area contributed by atoms with Crippen LogP contribution >= 0.6 is 0 Å². The highest BCUT2D eigenvalue weighted by atomic mass is 16.5. The molecule has 0 radical (unpaired) electrons. The van der Waals surface area contributed by atoms with Crippen molar-refractivity contribution < 1.29 is 29.0 Å². The summed E-state index contributed by atoms with van der Waals surface area (Å²) in [5.41, 5.74) is 3.14. The van der Waals surface area contributed by atoms with E-state index in [1.807, 2.05) is 18.2 Å². The highest BCUT2D eigenvalue weighted by Gasteiger charge is 2.21. The summed E-state index contributed by atoms with van der Waals surface area (Å²) >= 11 is 0. The number of amides is 3. The number of hydrogen-bond acceptors (Lipinski definition) is 6. The van der Waals surface area contributed by atoms with Crippen molar-refractivity contribution in [3.8, 4) is 28.4 Å². The minimum absolute atomic E-state index is 0.0942. The van der Waals surface area contributed by atoms with Gasteiger partial charge in [-0.2, -0.15) is 0 Å². The van der Waals surface area contributed by atoms with Gasteiger partial charge in [-0.3, -0.25) is 14.4 Å². The van der Waals surface area contributed by atoms with Gasteiger partial charge in [0, 0.05) is 43.7 Å². The molecule has 0 aliphatic carbocycles. The molecule has 3 N–H and O–H groups in total. The van der Waals surface area contributed by atoms with Gasteiger partial charge in [0.1, 0.15) is 17.2 Å². The van der Waals surface area contributed by atoms with Gasteiger partial charge in [0.25, 0.3) is 11.8 Å². The Labute approximate surface area is 234 Å². The molecule has 0 aromatic heterocycles. The third kappa shape index (κ3) is 7.11. The van der Waals surface area contributed by atoms with E-state index in [1.54, 1.807) is 47.4 Å². The first kappa shape index (κ1) is 28.5. The standard InChI is InChI=1S/C31H35N3O6/c1-39-24-10-12-28(40-2)26(20-24)31(38)34-16-4-8-29(36)32-15-13-21-9-11-27(35)25(18-21)22-6-3-7-23(19-22)30(37)33-14-5-17-34/h3,6-7,9-12,18-20,35H,4-5,8,13-17H2,1-2H3,(H,32,36)(H,33,37). The van der Waals surface area contributed by atoms with Crippen LogP contribution in [0.3, 0.4) is 0 Å². The second-order valence-corrected chi connectivity index (χ2v) is 9.60. The molecular weight excluding hydrogens is 510 g/mol. The Morgan fingerprint density at radius 3 is 2.45 bits per heavy atom. The highest BCUT2D eigenvalue weighted by molar-refractivity contribution is 5.97. The molecule has 0 spiro atoms. The Hall–Kier alpha value is -4.53. The van der Waals surface area contributed by atoms with Crippen LogP contribution in [0.2, 0.25) is 0 Å². The Kier molecular flexibility index (Phi) is 9.62. The molecule has 0 unspecified atom stereocenters. The molecule has 4 rings (SSSR count). The summed E-state index contributed by atoms with van der Waals surface area (Å²) in [6, 6.07) is 17.5. The Balaban J connectivity index is 1.55. The van der Waals surface area contributed by atoms with Crippen molar-refractivity contribution in [1.82, 2.24) is 15.5 Å². The number of hydrogen-bond donors (Lipinski definition) is 3. The van der Waals surface area contributed by atoms with Crippen LogP contribution in [0.15, 0.2) is 60.7 Å². The van der Waals surface area contributed by atoms with E-state index in [9.17, 15) is 19.5 Å². The minimum atomic E-state index is -0.238. The van der Waals surface area contributed by atoms with E-state index in [1.165, 1.54) is 14.2 Å². The van der Waals surface area contributed by atoms with Gasteiger partial charge < -0.3 is 30.1 Å². The number of phenols is 1. The van der Waals surface area contributed by atoms with Gasteiger partial charge in [-0.15, -0.1) is 0 Å². The Morgan fingerprint density at radius 2 is 1.65 bits per heavy atom. The molecule has 40 heavy (non-hydrogen) atoms. The maximum absolute atomic E-state index is 13.6. The summed E-state index contributed by atoms with van der Waals surface area (Å²) in [7, 11) is 3.04. The second-order valence-electron chi connectivity index (χ2n) is 9.60. The minimum Gasteiger partial charge on any atom is -0.507 e. The number of ether oxygens (including phenoxy) is 2. The quantitative estimate of drug-likeness (QED) is 0.461.